The molecule has 11 heteroatoms. The van der Waals surface area contributed by atoms with E-state index in [1.54, 1.807) is 0 Å². The lowest BCUT2D eigenvalue weighted by Crippen LogP contribution is -2.51. The summed E-state index contributed by atoms with van der Waals surface area (Å²) in [6.07, 6.45) is -4.51. The number of nitrogens with two attached hydrogens (primary N) is 3. The fraction of sp³-hybridized carbons (Fsp3) is 0.423. The largest absolute Gasteiger partial charge is 0.416 e. The Bertz CT molecular complexity index is 1030. The number of hydrogen-bond donors (Lipinski definition) is 4. The summed E-state index contributed by atoms with van der Waals surface area (Å²) in [6.45, 7) is 0.969. The Morgan fingerprint density at radius 1 is 0.919 bits per heavy atom. The standard InChI is InChI=1S/C26H34F3N5O3/c27-26(28,29)20-8-4-7-19(15-20)16-23(35)22(10-9-18-5-2-1-3-6-18)33-25(37)21(32)17-24(36)34(13-11-30)14-12-31/h1-8,15,21-22H,9-14,16-17,30-32H2,(H,33,37)/t21-,22-/m0/s1. The van der Waals surface area contributed by atoms with Crippen molar-refractivity contribution >= 4 is 17.6 Å². The summed E-state index contributed by atoms with van der Waals surface area (Å²) in [4.78, 5) is 39.9. The highest BCUT2D eigenvalue weighted by Gasteiger charge is 2.31. The molecule has 8 nitrogen and oxygen atoms in total. The molecule has 0 radical (unpaired) electrons. The molecule has 37 heavy (non-hydrogen) atoms. The van der Waals surface area contributed by atoms with Crippen molar-refractivity contribution in [2.45, 2.75) is 43.9 Å². The van der Waals surface area contributed by atoms with E-state index in [2.05, 4.69) is 5.32 Å². The molecule has 0 aliphatic carbocycles. The summed E-state index contributed by atoms with van der Waals surface area (Å²) >= 11 is 0. The average Bonchev–Trinajstić information content (AvgIpc) is 2.86. The molecular weight excluding hydrogens is 487 g/mol. The minimum absolute atomic E-state index is 0.178. The molecule has 7 N–H and O–H groups in total. The molecule has 2 amide bonds. The van der Waals surface area contributed by atoms with Crippen LogP contribution >= 0.6 is 0 Å². The van der Waals surface area contributed by atoms with Gasteiger partial charge in [0.25, 0.3) is 0 Å². The van der Waals surface area contributed by atoms with Crippen LogP contribution < -0.4 is 22.5 Å². The number of carbonyl (C=O) groups is 3. The van der Waals surface area contributed by atoms with E-state index in [1.807, 2.05) is 30.3 Å². The predicted molar refractivity (Wildman–Crippen MR) is 134 cm³/mol. The summed E-state index contributed by atoms with van der Waals surface area (Å²) < 4.78 is 39.3. The molecule has 2 rings (SSSR count). The number of aryl methyl sites for hydroxylation is 1. The van der Waals surface area contributed by atoms with E-state index in [1.165, 1.54) is 17.0 Å². The van der Waals surface area contributed by atoms with Gasteiger partial charge in [-0.2, -0.15) is 13.2 Å². The van der Waals surface area contributed by atoms with Gasteiger partial charge in [0, 0.05) is 32.6 Å². The monoisotopic (exact) mass is 521 g/mol. The summed E-state index contributed by atoms with van der Waals surface area (Å²) in [5, 5.41) is 2.60. The highest BCUT2D eigenvalue weighted by atomic mass is 19.4. The van der Waals surface area contributed by atoms with Crippen LogP contribution in [0.25, 0.3) is 0 Å². The van der Waals surface area contributed by atoms with Gasteiger partial charge in [-0.1, -0.05) is 48.5 Å². The second-order valence-electron chi connectivity index (χ2n) is 8.70. The van der Waals surface area contributed by atoms with E-state index >= 15 is 0 Å². The lowest BCUT2D eigenvalue weighted by atomic mass is 9.96. The van der Waals surface area contributed by atoms with Crippen molar-refractivity contribution in [3.8, 4) is 0 Å². The zero-order chi connectivity index (χ0) is 27.4. The zero-order valence-electron chi connectivity index (χ0n) is 20.5. The number of amides is 2. The minimum atomic E-state index is -4.54. The van der Waals surface area contributed by atoms with E-state index in [0.717, 1.165) is 17.7 Å². The highest BCUT2D eigenvalue weighted by Crippen LogP contribution is 2.29. The van der Waals surface area contributed by atoms with Gasteiger partial charge in [0.1, 0.15) is 0 Å². The van der Waals surface area contributed by atoms with E-state index in [9.17, 15) is 27.6 Å². The number of rotatable bonds is 14. The Labute approximate surface area is 214 Å². The Hall–Kier alpha value is -3.28. The molecule has 0 spiro atoms. The van der Waals surface area contributed by atoms with Crippen LogP contribution in [0, 0.1) is 0 Å². The number of nitrogens with one attached hydrogen (secondary N) is 1. The van der Waals surface area contributed by atoms with E-state index in [4.69, 9.17) is 17.2 Å². The second-order valence-corrected chi connectivity index (χ2v) is 8.70. The molecule has 0 fully saturated rings. The number of alkyl halides is 3. The minimum Gasteiger partial charge on any atom is -0.345 e. The van der Waals surface area contributed by atoms with E-state index in [-0.39, 0.29) is 51.0 Å². The molecule has 0 bridgehead atoms. The van der Waals surface area contributed by atoms with Gasteiger partial charge >= 0.3 is 6.18 Å². The topological polar surface area (TPSA) is 145 Å². The van der Waals surface area contributed by atoms with Crippen molar-refractivity contribution in [1.29, 1.82) is 0 Å². The SMILES string of the molecule is NCCN(CCN)C(=O)C[C@H](N)C(=O)N[C@@H](CCc1ccccc1)C(=O)Cc1cccc(C(F)(F)F)c1. The van der Waals surface area contributed by atoms with Crippen molar-refractivity contribution in [3.05, 3.63) is 71.3 Å². The van der Waals surface area contributed by atoms with Crippen LogP contribution in [0.4, 0.5) is 13.2 Å². The molecule has 0 heterocycles. The molecule has 2 atom stereocenters. The quantitative estimate of drug-likeness (QED) is 0.296. The smallest absolute Gasteiger partial charge is 0.345 e. The Balaban J connectivity index is 2.13. The van der Waals surface area contributed by atoms with Crippen molar-refractivity contribution in [2.24, 2.45) is 17.2 Å². The molecule has 0 saturated carbocycles. The first-order valence-corrected chi connectivity index (χ1v) is 12.0. The van der Waals surface area contributed by atoms with Crippen LogP contribution in [0.15, 0.2) is 54.6 Å². The van der Waals surface area contributed by atoms with Gasteiger partial charge < -0.3 is 27.4 Å². The Morgan fingerprint density at radius 3 is 2.14 bits per heavy atom. The fourth-order valence-corrected chi connectivity index (χ4v) is 3.81. The Kier molecular flexibility index (Phi) is 11.7. The number of benzene rings is 2. The van der Waals surface area contributed by atoms with Crippen LogP contribution in [-0.4, -0.2) is 60.8 Å². The Morgan fingerprint density at radius 2 is 1.54 bits per heavy atom. The lowest BCUT2D eigenvalue weighted by molar-refractivity contribution is -0.137. The first-order valence-electron chi connectivity index (χ1n) is 12.0. The first kappa shape index (κ1) is 29.9. The van der Waals surface area contributed by atoms with Gasteiger partial charge in [-0.15, -0.1) is 0 Å². The van der Waals surface area contributed by atoms with Crippen molar-refractivity contribution in [1.82, 2.24) is 10.2 Å². The molecular formula is C26H34F3N5O3. The maximum Gasteiger partial charge on any atom is 0.416 e. The number of ketones is 1. The number of Topliss-reactive ketones (excluding diaryl/α,β-unsaturated/α-hetero) is 1. The second kappa shape index (κ2) is 14.5. The van der Waals surface area contributed by atoms with Gasteiger partial charge in [0.05, 0.1) is 24.1 Å². The van der Waals surface area contributed by atoms with Gasteiger partial charge in [0.2, 0.25) is 11.8 Å². The van der Waals surface area contributed by atoms with Gasteiger partial charge in [-0.05, 0) is 30.0 Å². The summed E-state index contributed by atoms with van der Waals surface area (Å²) in [6, 6.07) is 11.5. The summed E-state index contributed by atoms with van der Waals surface area (Å²) in [7, 11) is 0. The fourth-order valence-electron chi connectivity index (χ4n) is 3.81. The molecule has 0 saturated heterocycles. The number of hydrogen-bond acceptors (Lipinski definition) is 6. The normalized spacial score (nSPS) is 13.0. The molecule has 2 aromatic rings. The third kappa shape index (κ3) is 9.95. The van der Waals surface area contributed by atoms with Crippen LogP contribution in [0.5, 0.6) is 0 Å². The summed E-state index contributed by atoms with van der Waals surface area (Å²) in [5.74, 6) is -1.56. The molecule has 0 aliphatic heterocycles. The van der Waals surface area contributed by atoms with Crippen LogP contribution in [0.3, 0.4) is 0 Å². The predicted octanol–water partition coefficient (Wildman–Crippen LogP) is 1.40. The van der Waals surface area contributed by atoms with Crippen LogP contribution in [-0.2, 0) is 33.4 Å². The molecule has 202 valence electrons. The van der Waals surface area contributed by atoms with Gasteiger partial charge in [-0.3, -0.25) is 14.4 Å². The van der Waals surface area contributed by atoms with Crippen molar-refractivity contribution in [2.75, 3.05) is 26.2 Å². The molecule has 2 aromatic carbocycles. The van der Waals surface area contributed by atoms with Crippen LogP contribution in [0.1, 0.15) is 29.5 Å². The molecule has 0 aromatic heterocycles. The third-order valence-corrected chi connectivity index (χ3v) is 5.78. The van der Waals surface area contributed by atoms with Crippen molar-refractivity contribution < 1.29 is 27.6 Å². The number of halogens is 3. The van der Waals surface area contributed by atoms with Gasteiger partial charge in [0.15, 0.2) is 5.78 Å². The lowest BCUT2D eigenvalue weighted by Gasteiger charge is -2.24. The number of carbonyl (C=O) groups excluding carboxylic acids is 3. The van der Waals surface area contributed by atoms with E-state index in [0.29, 0.717) is 6.42 Å². The first-order chi connectivity index (χ1) is 17.5. The zero-order valence-corrected chi connectivity index (χ0v) is 20.5. The highest BCUT2D eigenvalue weighted by molar-refractivity contribution is 5.93. The van der Waals surface area contributed by atoms with E-state index < -0.39 is 41.4 Å². The molecule has 0 unspecified atom stereocenters. The molecule has 0 aliphatic rings. The summed E-state index contributed by atoms with van der Waals surface area (Å²) in [5.41, 5.74) is 17.2. The van der Waals surface area contributed by atoms with Gasteiger partial charge in [-0.25, -0.2) is 0 Å². The number of nitrogens with zero attached hydrogens (tertiary/aromatic N) is 1. The van der Waals surface area contributed by atoms with Crippen LogP contribution in [0.2, 0.25) is 0 Å². The third-order valence-electron chi connectivity index (χ3n) is 5.78. The average molecular weight is 522 g/mol. The van der Waals surface area contributed by atoms with Crippen molar-refractivity contribution in [3.63, 3.8) is 0 Å². The maximum absolute atomic E-state index is 13.1. The maximum atomic E-state index is 13.1.